The van der Waals surface area contributed by atoms with Gasteiger partial charge in [-0.2, -0.15) is 0 Å². The van der Waals surface area contributed by atoms with Gasteiger partial charge in [-0.05, 0) is 31.0 Å². The van der Waals surface area contributed by atoms with Crippen LogP contribution in [0.4, 0.5) is 5.13 Å². The van der Waals surface area contributed by atoms with E-state index in [4.69, 9.17) is 15.5 Å². The van der Waals surface area contributed by atoms with Gasteiger partial charge in [-0.25, -0.2) is 4.98 Å². The van der Waals surface area contributed by atoms with Gasteiger partial charge in [-0.3, -0.25) is 14.4 Å². The maximum absolute atomic E-state index is 13.6. The minimum Gasteiger partial charge on any atom is -0.366 e. The first kappa shape index (κ1) is 27.7. The lowest BCUT2D eigenvalue weighted by atomic mass is 9.87. The maximum atomic E-state index is 13.6. The average molecular weight is 555 g/mol. The molecule has 4 heterocycles. The van der Waals surface area contributed by atoms with Gasteiger partial charge in [0.05, 0.1) is 11.7 Å². The number of benzene rings is 1. The SMILES string of the molecule is CN1CCN(c2nc(-c3ccc(C(=O)NC(CC(C)(C)C)C(=O)N4C[C@H](N)[C@H]5OCC(=O)[C@H]54)cc3)cs2)CC1. The first-order valence-corrected chi connectivity index (χ1v) is 14.4. The van der Waals surface area contributed by atoms with E-state index in [1.807, 2.05) is 38.3 Å². The van der Waals surface area contributed by atoms with Crippen LogP contribution in [-0.4, -0.2) is 103 Å². The van der Waals surface area contributed by atoms with E-state index in [0.717, 1.165) is 42.6 Å². The van der Waals surface area contributed by atoms with Crippen LogP contribution in [0.15, 0.2) is 29.6 Å². The number of hydrogen-bond acceptors (Lipinski definition) is 9. The number of nitrogens with two attached hydrogens (primary N) is 1. The van der Waals surface area contributed by atoms with Gasteiger partial charge >= 0.3 is 0 Å². The Kier molecular flexibility index (Phi) is 7.78. The fraction of sp³-hybridized carbons (Fsp3) is 0.571. The number of anilines is 1. The first-order chi connectivity index (χ1) is 18.5. The summed E-state index contributed by atoms with van der Waals surface area (Å²) in [6.07, 6.45) is -0.0655. The minimum atomic E-state index is -0.791. The minimum absolute atomic E-state index is 0.0364. The number of aromatic nitrogens is 1. The van der Waals surface area contributed by atoms with Crippen LogP contribution < -0.4 is 16.0 Å². The third-order valence-corrected chi connectivity index (χ3v) is 8.54. The number of amides is 2. The molecule has 210 valence electrons. The molecule has 0 aliphatic carbocycles. The van der Waals surface area contributed by atoms with Gasteiger partial charge in [-0.1, -0.05) is 32.9 Å². The Hall–Kier alpha value is -2.86. The topological polar surface area (TPSA) is 121 Å². The number of piperazine rings is 1. The number of thiazole rings is 1. The Bertz CT molecular complexity index is 1220. The van der Waals surface area contributed by atoms with Crippen LogP contribution in [-0.2, 0) is 14.3 Å². The summed E-state index contributed by atoms with van der Waals surface area (Å²) in [5.74, 6) is -0.777. The van der Waals surface area contributed by atoms with Crippen molar-refractivity contribution in [3.63, 3.8) is 0 Å². The number of carbonyl (C=O) groups excluding carboxylic acids is 3. The molecule has 4 atom stereocenters. The van der Waals surface area contributed by atoms with Gasteiger partial charge in [0, 0.05) is 49.2 Å². The second-order valence-corrected chi connectivity index (χ2v) is 12.9. The lowest BCUT2D eigenvalue weighted by Gasteiger charge is -2.32. The molecule has 2 aromatic rings. The molecule has 0 radical (unpaired) electrons. The van der Waals surface area contributed by atoms with Crippen LogP contribution in [0.25, 0.3) is 11.3 Å². The standard InChI is InChI=1S/C28H38N6O4S/c1-28(2,3)13-20(26(37)34-14-19(29)24-23(34)22(35)15-38-24)30-25(36)18-7-5-17(6-8-18)21-16-39-27(31-21)33-11-9-32(4)10-12-33/h5-8,16,19-20,23-24H,9-15,29H2,1-4H3,(H,30,36)/t19-,20?,23+,24+/m0/s1. The lowest BCUT2D eigenvalue weighted by molar-refractivity contribution is -0.138. The largest absolute Gasteiger partial charge is 0.366 e. The molecular weight excluding hydrogens is 516 g/mol. The van der Waals surface area contributed by atoms with Gasteiger partial charge in [0.1, 0.15) is 24.8 Å². The molecule has 0 spiro atoms. The van der Waals surface area contributed by atoms with E-state index in [2.05, 4.69) is 22.2 Å². The molecule has 3 aliphatic heterocycles. The van der Waals surface area contributed by atoms with Gasteiger partial charge in [0.25, 0.3) is 5.91 Å². The van der Waals surface area contributed by atoms with Gasteiger partial charge in [0.15, 0.2) is 10.9 Å². The fourth-order valence-electron chi connectivity index (χ4n) is 5.51. The zero-order chi connectivity index (χ0) is 27.9. The highest BCUT2D eigenvalue weighted by molar-refractivity contribution is 7.14. The zero-order valence-electron chi connectivity index (χ0n) is 23.1. The molecule has 3 fully saturated rings. The molecule has 5 rings (SSSR count). The molecule has 0 saturated carbocycles. The van der Waals surface area contributed by atoms with Crippen LogP contribution in [0.2, 0.25) is 0 Å². The molecule has 1 unspecified atom stereocenters. The number of nitrogens with one attached hydrogen (secondary N) is 1. The van der Waals surface area contributed by atoms with E-state index in [0.29, 0.717) is 12.0 Å². The van der Waals surface area contributed by atoms with Crippen molar-refractivity contribution in [3.05, 3.63) is 35.2 Å². The van der Waals surface area contributed by atoms with Crippen molar-refractivity contribution in [3.8, 4) is 11.3 Å². The summed E-state index contributed by atoms with van der Waals surface area (Å²) in [7, 11) is 2.13. The highest BCUT2D eigenvalue weighted by Gasteiger charge is 2.52. The molecule has 10 nitrogen and oxygen atoms in total. The quantitative estimate of drug-likeness (QED) is 0.553. The predicted octanol–water partition coefficient (Wildman–Crippen LogP) is 1.60. The monoisotopic (exact) mass is 554 g/mol. The fourth-order valence-corrected chi connectivity index (χ4v) is 6.39. The number of nitrogens with zero attached hydrogens (tertiary/aromatic N) is 4. The molecule has 11 heteroatoms. The Morgan fingerprint density at radius 2 is 1.87 bits per heavy atom. The average Bonchev–Trinajstić information content (AvgIpc) is 3.61. The number of fused-ring (bicyclic) bond motifs is 1. The van der Waals surface area contributed by atoms with Crippen LogP contribution in [0, 0.1) is 5.41 Å². The number of rotatable bonds is 6. The Balaban J connectivity index is 1.28. The van der Waals surface area contributed by atoms with E-state index in [9.17, 15) is 14.4 Å². The maximum Gasteiger partial charge on any atom is 0.251 e. The van der Waals surface area contributed by atoms with Crippen LogP contribution >= 0.6 is 11.3 Å². The lowest BCUT2D eigenvalue weighted by Crippen LogP contribution is -2.53. The van der Waals surface area contributed by atoms with E-state index in [1.54, 1.807) is 23.5 Å². The number of hydrogen-bond donors (Lipinski definition) is 2. The molecule has 1 aromatic heterocycles. The van der Waals surface area contributed by atoms with Crippen LogP contribution in [0.5, 0.6) is 0 Å². The number of likely N-dealkylation sites (N-methyl/N-ethyl adjacent to an activating group) is 1. The second kappa shape index (κ2) is 11.0. The Morgan fingerprint density at radius 3 is 2.54 bits per heavy atom. The Morgan fingerprint density at radius 1 is 1.18 bits per heavy atom. The van der Waals surface area contributed by atoms with Crippen molar-refractivity contribution in [2.24, 2.45) is 11.1 Å². The highest BCUT2D eigenvalue weighted by Crippen LogP contribution is 2.30. The van der Waals surface area contributed by atoms with Crippen LogP contribution in [0.1, 0.15) is 37.6 Å². The second-order valence-electron chi connectivity index (χ2n) is 12.0. The van der Waals surface area contributed by atoms with E-state index in [-0.39, 0.29) is 36.2 Å². The predicted molar refractivity (Wildman–Crippen MR) is 151 cm³/mol. The van der Waals surface area contributed by atoms with Crippen molar-refractivity contribution < 1.29 is 19.1 Å². The summed E-state index contributed by atoms with van der Waals surface area (Å²) in [4.78, 5) is 50.3. The van der Waals surface area contributed by atoms with Gasteiger partial charge in [-0.15, -0.1) is 11.3 Å². The van der Waals surface area contributed by atoms with Crippen molar-refractivity contribution in [1.29, 1.82) is 0 Å². The number of Topliss-reactive ketones (excluding diaryl/α,β-unsaturated/α-hetero) is 1. The molecule has 3 aliphatic rings. The Labute approximate surface area is 233 Å². The summed E-state index contributed by atoms with van der Waals surface area (Å²) in [5, 5.41) is 6.00. The van der Waals surface area contributed by atoms with Crippen molar-refractivity contribution in [2.75, 3.05) is 51.3 Å². The first-order valence-electron chi connectivity index (χ1n) is 13.5. The third-order valence-electron chi connectivity index (χ3n) is 7.64. The molecule has 3 N–H and O–H groups in total. The molecule has 0 bridgehead atoms. The smallest absolute Gasteiger partial charge is 0.251 e. The molecule has 39 heavy (non-hydrogen) atoms. The van der Waals surface area contributed by atoms with Gasteiger partial charge in [0.2, 0.25) is 5.91 Å². The van der Waals surface area contributed by atoms with Crippen molar-refractivity contribution in [2.45, 2.75) is 51.4 Å². The highest BCUT2D eigenvalue weighted by atomic mass is 32.1. The molecular formula is C28H38N6O4S. The molecule has 1 aromatic carbocycles. The van der Waals surface area contributed by atoms with Crippen LogP contribution in [0.3, 0.4) is 0 Å². The summed E-state index contributed by atoms with van der Waals surface area (Å²) >= 11 is 1.63. The number of carbonyl (C=O) groups is 3. The number of ketones is 1. The zero-order valence-corrected chi connectivity index (χ0v) is 23.9. The number of likely N-dealkylation sites (tertiary alicyclic amines) is 1. The summed E-state index contributed by atoms with van der Waals surface area (Å²) in [6.45, 7) is 10.2. The van der Waals surface area contributed by atoms with E-state index in [1.165, 1.54) is 4.90 Å². The van der Waals surface area contributed by atoms with Crippen molar-refractivity contribution in [1.82, 2.24) is 20.1 Å². The normalized spacial score (nSPS) is 24.6. The third kappa shape index (κ3) is 6.01. The summed E-state index contributed by atoms with van der Waals surface area (Å²) in [6, 6.07) is 5.39. The van der Waals surface area contributed by atoms with E-state index < -0.39 is 24.2 Å². The number of ether oxygens (including phenoxy) is 1. The summed E-state index contributed by atoms with van der Waals surface area (Å²) in [5.41, 5.74) is 8.21. The van der Waals surface area contributed by atoms with E-state index >= 15 is 0 Å². The van der Waals surface area contributed by atoms with Crippen molar-refractivity contribution >= 4 is 34.1 Å². The van der Waals surface area contributed by atoms with Gasteiger partial charge < -0.3 is 30.5 Å². The molecule has 2 amide bonds. The summed E-state index contributed by atoms with van der Waals surface area (Å²) < 4.78 is 5.54. The molecule has 3 saturated heterocycles.